The van der Waals surface area contributed by atoms with E-state index in [9.17, 15) is 4.79 Å². The number of methoxy groups -OCH3 is 1. The van der Waals surface area contributed by atoms with Gasteiger partial charge in [0.1, 0.15) is 0 Å². The van der Waals surface area contributed by atoms with Crippen LogP contribution in [0, 0.1) is 0 Å². The van der Waals surface area contributed by atoms with Crippen molar-refractivity contribution in [2.75, 3.05) is 7.11 Å². The maximum absolute atomic E-state index is 12.2. The molecule has 3 aromatic rings. The van der Waals surface area contributed by atoms with Gasteiger partial charge >= 0.3 is 0 Å². The van der Waals surface area contributed by atoms with E-state index in [1.807, 2.05) is 48.7 Å². The molecule has 2 N–H and O–H groups in total. The Hall–Kier alpha value is -2.59. The average molecular weight is 322 g/mol. The van der Waals surface area contributed by atoms with Crippen molar-refractivity contribution in [3.8, 4) is 0 Å². The van der Waals surface area contributed by atoms with Gasteiger partial charge in [0.15, 0.2) is 0 Å². The minimum atomic E-state index is 0.0625. The third-order valence-electron chi connectivity index (χ3n) is 4.19. The van der Waals surface area contributed by atoms with E-state index in [0.29, 0.717) is 19.6 Å². The van der Waals surface area contributed by atoms with Crippen molar-refractivity contribution in [1.29, 1.82) is 0 Å². The van der Waals surface area contributed by atoms with Crippen LogP contribution in [0.15, 0.2) is 54.7 Å². The molecule has 0 unspecified atom stereocenters. The summed E-state index contributed by atoms with van der Waals surface area (Å²) in [7, 11) is 1.68. The predicted molar refractivity (Wildman–Crippen MR) is 95.6 cm³/mol. The molecule has 0 atom stereocenters. The van der Waals surface area contributed by atoms with Crippen molar-refractivity contribution < 1.29 is 9.53 Å². The Bertz CT molecular complexity index is 823. The van der Waals surface area contributed by atoms with Crippen LogP contribution in [0.2, 0.25) is 0 Å². The minimum Gasteiger partial charge on any atom is -0.380 e. The molecule has 4 nitrogen and oxygen atoms in total. The fourth-order valence-corrected chi connectivity index (χ4v) is 2.90. The second kappa shape index (κ2) is 7.79. The first-order valence-electron chi connectivity index (χ1n) is 8.15. The molecule has 0 spiro atoms. The number of aromatic nitrogens is 1. The summed E-state index contributed by atoms with van der Waals surface area (Å²) in [5.74, 6) is 0.0625. The number of H-pyrrole nitrogens is 1. The summed E-state index contributed by atoms with van der Waals surface area (Å²) in [5, 5.41) is 4.19. The molecule has 0 aliphatic carbocycles. The lowest BCUT2D eigenvalue weighted by atomic mass is 10.1. The lowest BCUT2D eigenvalue weighted by molar-refractivity contribution is -0.121. The van der Waals surface area contributed by atoms with Crippen molar-refractivity contribution in [3.63, 3.8) is 0 Å². The number of ether oxygens (including phenoxy) is 1. The van der Waals surface area contributed by atoms with Crippen LogP contribution in [-0.2, 0) is 29.1 Å². The van der Waals surface area contributed by atoms with Gasteiger partial charge in [0, 0.05) is 37.2 Å². The Morgan fingerprint density at radius 1 is 1.04 bits per heavy atom. The van der Waals surface area contributed by atoms with Crippen molar-refractivity contribution in [3.05, 3.63) is 71.4 Å². The van der Waals surface area contributed by atoms with Crippen LogP contribution >= 0.6 is 0 Å². The molecular formula is C20H22N2O2. The number of carbonyl (C=O) groups is 1. The summed E-state index contributed by atoms with van der Waals surface area (Å²) in [5.41, 5.74) is 4.50. The highest BCUT2D eigenvalue weighted by Crippen LogP contribution is 2.19. The highest BCUT2D eigenvalue weighted by atomic mass is 16.5. The number of nitrogens with one attached hydrogen (secondary N) is 2. The number of hydrogen-bond acceptors (Lipinski definition) is 2. The molecule has 0 bridgehead atoms. The van der Waals surface area contributed by atoms with Crippen molar-refractivity contribution in [2.24, 2.45) is 0 Å². The second-order valence-corrected chi connectivity index (χ2v) is 5.84. The third-order valence-corrected chi connectivity index (χ3v) is 4.19. The molecule has 0 aliphatic rings. The molecule has 1 amide bonds. The van der Waals surface area contributed by atoms with Crippen LogP contribution in [0.4, 0.5) is 0 Å². The van der Waals surface area contributed by atoms with E-state index in [4.69, 9.17) is 4.74 Å². The zero-order valence-electron chi connectivity index (χ0n) is 13.8. The van der Waals surface area contributed by atoms with Crippen LogP contribution in [0.25, 0.3) is 10.9 Å². The maximum atomic E-state index is 12.2. The minimum absolute atomic E-state index is 0.0625. The van der Waals surface area contributed by atoms with Crippen LogP contribution in [0.1, 0.15) is 23.1 Å². The van der Waals surface area contributed by atoms with Crippen LogP contribution < -0.4 is 5.32 Å². The number of rotatable bonds is 7. The normalized spacial score (nSPS) is 10.9. The molecular weight excluding hydrogens is 300 g/mol. The number of para-hydroxylation sites is 1. The van der Waals surface area contributed by atoms with E-state index in [0.717, 1.165) is 23.1 Å². The molecule has 0 saturated heterocycles. The van der Waals surface area contributed by atoms with Gasteiger partial charge in [-0.2, -0.15) is 0 Å². The van der Waals surface area contributed by atoms with Gasteiger partial charge in [-0.3, -0.25) is 4.79 Å². The van der Waals surface area contributed by atoms with Gasteiger partial charge in [0.05, 0.1) is 6.61 Å². The van der Waals surface area contributed by atoms with E-state index in [1.165, 1.54) is 10.9 Å². The van der Waals surface area contributed by atoms with Crippen LogP contribution in [0.5, 0.6) is 0 Å². The number of benzene rings is 2. The first-order valence-corrected chi connectivity index (χ1v) is 8.15. The Labute approximate surface area is 141 Å². The molecule has 2 aromatic carbocycles. The third kappa shape index (κ3) is 3.84. The summed E-state index contributed by atoms with van der Waals surface area (Å²) < 4.78 is 5.20. The monoisotopic (exact) mass is 322 g/mol. The van der Waals surface area contributed by atoms with E-state index >= 15 is 0 Å². The summed E-state index contributed by atoms with van der Waals surface area (Å²) in [6, 6.07) is 16.2. The summed E-state index contributed by atoms with van der Waals surface area (Å²) in [6.07, 6.45) is 3.20. The molecule has 24 heavy (non-hydrogen) atoms. The molecule has 0 radical (unpaired) electrons. The van der Waals surface area contributed by atoms with Gasteiger partial charge in [-0.05, 0) is 29.2 Å². The van der Waals surface area contributed by atoms with Gasteiger partial charge in [0.2, 0.25) is 5.91 Å². The van der Waals surface area contributed by atoms with Crippen molar-refractivity contribution in [2.45, 2.75) is 26.0 Å². The lowest BCUT2D eigenvalue weighted by Crippen LogP contribution is -2.23. The lowest BCUT2D eigenvalue weighted by Gasteiger charge is -2.10. The van der Waals surface area contributed by atoms with E-state index in [2.05, 4.69) is 16.4 Å². The number of carbonyl (C=O) groups excluding carboxylic acids is 1. The van der Waals surface area contributed by atoms with Crippen molar-refractivity contribution >= 4 is 16.8 Å². The van der Waals surface area contributed by atoms with Gasteiger partial charge in [0.25, 0.3) is 0 Å². The second-order valence-electron chi connectivity index (χ2n) is 5.84. The van der Waals surface area contributed by atoms with Crippen molar-refractivity contribution in [1.82, 2.24) is 10.3 Å². The highest BCUT2D eigenvalue weighted by Gasteiger charge is 2.08. The van der Waals surface area contributed by atoms with Gasteiger partial charge in [-0.1, -0.05) is 42.5 Å². The molecule has 0 fully saturated rings. The van der Waals surface area contributed by atoms with Gasteiger partial charge in [-0.15, -0.1) is 0 Å². The zero-order chi connectivity index (χ0) is 16.8. The predicted octanol–water partition coefficient (Wildman–Crippen LogP) is 3.56. The first kappa shape index (κ1) is 16.3. The summed E-state index contributed by atoms with van der Waals surface area (Å²) in [4.78, 5) is 15.4. The van der Waals surface area contributed by atoms with E-state index < -0.39 is 0 Å². The van der Waals surface area contributed by atoms with Gasteiger partial charge < -0.3 is 15.0 Å². The highest BCUT2D eigenvalue weighted by molar-refractivity contribution is 5.84. The molecule has 0 aliphatic heterocycles. The maximum Gasteiger partial charge on any atom is 0.220 e. The van der Waals surface area contributed by atoms with E-state index in [1.54, 1.807) is 7.11 Å². The Morgan fingerprint density at radius 3 is 2.62 bits per heavy atom. The zero-order valence-corrected chi connectivity index (χ0v) is 13.8. The Kier molecular flexibility index (Phi) is 5.29. The molecule has 3 rings (SSSR count). The number of hydrogen-bond donors (Lipinski definition) is 2. The molecule has 1 heterocycles. The quantitative estimate of drug-likeness (QED) is 0.699. The Morgan fingerprint density at radius 2 is 1.79 bits per heavy atom. The summed E-state index contributed by atoms with van der Waals surface area (Å²) >= 11 is 0. The van der Waals surface area contributed by atoms with Crippen LogP contribution in [0.3, 0.4) is 0 Å². The van der Waals surface area contributed by atoms with E-state index in [-0.39, 0.29) is 5.91 Å². The molecule has 1 aromatic heterocycles. The standard InChI is InChI=1S/C20H22N2O2/c1-24-14-17-7-3-2-6-15(17)12-22-20(23)11-10-16-13-21-19-9-5-4-8-18(16)19/h2-9,13,21H,10-12,14H2,1H3,(H,22,23). The molecule has 124 valence electrons. The molecule has 0 saturated carbocycles. The van der Waals surface area contributed by atoms with Gasteiger partial charge in [-0.25, -0.2) is 0 Å². The fourth-order valence-electron chi connectivity index (χ4n) is 2.90. The topological polar surface area (TPSA) is 54.1 Å². The Balaban J connectivity index is 1.55. The molecule has 4 heteroatoms. The summed E-state index contributed by atoms with van der Waals surface area (Å²) in [6.45, 7) is 1.09. The average Bonchev–Trinajstić information content (AvgIpc) is 3.03. The number of aryl methyl sites for hydroxylation is 1. The number of fused-ring (bicyclic) bond motifs is 1. The van der Waals surface area contributed by atoms with Crippen LogP contribution in [-0.4, -0.2) is 18.0 Å². The SMILES string of the molecule is COCc1ccccc1CNC(=O)CCc1c[nH]c2ccccc12. The fraction of sp³-hybridized carbons (Fsp3) is 0.250. The largest absolute Gasteiger partial charge is 0.380 e. The number of amides is 1. The number of aromatic amines is 1. The first-order chi connectivity index (χ1) is 11.8. The smallest absolute Gasteiger partial charge is 0.220 e.